The van der Waals surface area contributed by atoms with E-state index in [1.807, 2.05) is 30.3 Å². The SMILES string of the molecule is O=C(/C=C/c1sc2ccccc2c1Cl)NC1CCN(C2CC2)C1. The van der Waals surface area contributed by atoms with E-state index >= 15 is 0 Å². The number of thiophene rings is 1. The third-order valence-corrected chi connectivity index (χ3v) is 6.23. The van der Waals surface area contributed by atoms with Crippen LogP contribution in [0.2, 0.25) is 5.02 Å². The highest BCUT2D eigenvalue weighted by Gasteiger charge is 2.34. The third kappa shape index (κ3) is 3.30. The zero-order valence-corrected chi connectivity index (χ0v) is 14.4. The molecule has 0 bridgehead atoms. The van der Waals surface area contributed by atoms with E-state index in [4.69, 9.17) is 11.6 Å². The molecule has 2 aliphatic rings. The molecule has 1 N–H and O–H groups in total. The average molecular weight is 347 g/mol. The number of halogens is 1. The number of carbonyl (C=O) groups is 1. The number of benzene rings is 1. The molecule has 2 aromatic rings. The molecule has 0 spiro atoms. The van der Waals surface area contributed by atoms with Gasteiger partial charge in [0.2, 0.25) is 5.91 Å². The largest absolute Gasteiger partial charge is 0.348 e. The Morgan fingerprint density at radius 2 is 2.13 bits per heavy atom. The molecule has 1 atom stereocenters. The Balaban J connectivity index is 1.39. The van der Waals surface area contributed by atoms with Crippen molar-refractivity contribution in [3.63, 3.8) is 0 Å². The topological polar surface area (TPSA) is 32.3 Å². The van der Waals surface area contributed by atoms with Crippen LogP contribution in [-0.2, 0) is 4.79 Å². The molecule has 1 aliphatic heterocycles. The summed E-state index contributed by atoms with van der Waals surface area (Å²) in [4.78, 5) is 15.6. The molecule has 1 amide bonds. The van der Waals surface area contributed by atoms with Gasteiger partial charge in [-0.05, 0) is 31.4 Å². The molecule has 1 aromatic heterocycles. The lowest BCUT2D eigenvalue weighted by Crippen LogP contribution is -2.36. The summed E-state index contributed by atoms with van der Waals surface area (Å²) in [5.41, 5.74) is 0. The fraction of sp³-hybridized carbons (Fsp3) is 0.389. The summed E-state index contributed by atoms with van der Waals surface area (Å²) in [6.07, 6.45) is 7.14. The highest BCUT2D eigenvalue weighted by molar-refractivity contribution is 7.20. The first-order valence-corrected chi connectivity index (χ1v) is 9.30. The van der Waals surface area contributed by atoms with E-state index in [2.05, 4.69) is 10.2 Å². The minimum absolute atomic E-state index is 0.0267. The van der Waals surface area contributed by atoms with Crippen LogP contribution in [0.25, 0.3) is 16.2 Å². The number of nitrogens with one attached hydrogen (secondary N) is 1. The first kappa shape index (κ1) is 15.2. The molecule has 4 rings (SSSR count). The third-order valence-electron chi connectivity index (χ3n) is 4.58. The molecular weight excluding hydrogens is 328 g/mol. The van der Waals surface area contributed by atoms with Gasteiger partial charge < -0.3 is 5.32 Å². The number of hydrogen-bond acceptors (Lipinski definition) is 3. The minimum atomic E-state index is -0.0267. The molecular formula is C18H19ClN2OS. The average Bonchev–Trinajstić information content (AvgIpc) is 3.22. The molecule has 5 heteroatoms. The van der Waals surface area contributed by atoms with Gasteiger partial charge in [0.05, 0.1) is 5.02 Å². The predicted octanol–water partition coefficient (Wildman–Crippen LogP) is 3.92. The second-order valence-corrected chi connectivity index (χ2v) is 7.79. The van der Waals surface area contributed by atoms with Crippen LogP contribution in [0.4, 0.5) is 0 Å². The van der Waals surface area contributed by atoms with Crippen molar-refractivity contribution >= 4 is 45.0 Å². The molecule has 0 radical (unpaired) electrons. The molecule has 1 aromatic carbocycles. The highest BCUT2D eigenvalue weighted by atomic mass is 35.5. The molecule has 1 saturated carbocycles. The second-order valence-electron chi connectivity index (χ2n) is 6.33. The Labute approximate surface area is 144 Å². The van der Waals surface area contributed by atoms with Gasteiger partial charge in [-0.1, -0.05) is 29.8 Å². The van der Waals surface area contributed by atoms with Crippen molar-refractivity contribution in [2.45, 2.75) is 31.3 Å². The van der Waals surface area contributed by atoms with Gasteiger partial charge in [0.15, 0.2) is 0 Å². The van der Waals surface area contributed by atoms with Crippen molar-refractivity contribution < 1.29 is 4.79 Å². The smallest absolute Gasteiger partial charge is 0.244 e. The monoisotopic (exact) mass is 346 g/mol. The van der Waals surface area contributed by atoms with Gasteiger partial charge in [-0.15, -0.1) is 11.3 Å². The lowest BCUT2D eigenvalue weighted by Gasteiger charge is -2.14. The van der Waals surface area contributed by atoms with Gasteiger partial charge >= 0.3 is 0 Å². The van der Waals surface area contributed by atoms with Gasteiger partial charge in [-0.3, -0.25) is 9.69 Å². The summed E-state index contributed by atoms with van der Waals surface area (Å²) < 4.78 is 1.15. The normalized spacial score (nSPS) is 22.2. The van der Waals surface area contributed by atoms with E-state index < -0.39 is 0 Å². The first-order valence-electron chi connectivity index (χ1n) is 8.10. The van der Waals surface area contributed by atoms with Gasteiger partial charge in [-0.25, -0.2) is 0 Å². The summed E-state index contributed by atoms with van der Waals surface area (Å²) in [6, 6.07) is 9.11. The Hall–Kier alpha value is -1.36. The van der Waals surface area contributed by atoms with Crippen molar-refractivity contribution in [3.05, 3.63) is 40.2 Å². The highest BCUT2D eigenvalue weighted by Crippen LogP contribution is 2.36. The van der Waals surface area contributed by atoms with Crippen LogP contribution in [0.5, 0.6) is 0 Å². The predicted molar refractivity (Wildman–Crippen MR) is 97.0 cm³/mol. The molecule has 120 valence electrons. The zero-order valence-electron chi connectivity index (χ0n) is 12.8. The van der Waals surface area contributed by atoms with Crippen LogP contribution >= 0.6 is 22.9 Å². The first-order chi connectivity index (χ1) is 11.2. The Morgan fingerprint density at radius 1 is 1.30 bits per heavy atom. The molecule has 1 saturated heterocycles. The number of hydrogen-bond donors (Lipinski definition) is 1. The van der Waals surface area contributed by atoms with Crippen LogP contribution in [0.15, 0.2) is 30.3 Å². The number of carbonyl (C=O) groups excluding carboxylic acids is 1. The summed E-state index contributed by atoms with van der Waals surface area (Å²) >= 11 is 8.01. The second kappa shape index (κ2) is 6.27. The quantitative estimate of drug-likeness (QED) is 0.851. The molecule has 23 heavy (non-hydrogen) atoms. The zero-order chi connectivity index (χ0) is 15.8. The van der Waals surface area contributed by atoms with Crippen molar-refractivity contribution in [2.75, 3.05) is 13.1 Å². The molecule has 2 fully saturated rings. The maximum absolute atomic E-state index is 12.1. The van der Waals surface area contributed by atoms with Crippen LogP contribution in [0.1, 0.15) is 24.1 Å². The minimum Gasteiger partial charge on any atom is -0.348 e. The number of fused-ring (bicyclic) bond motifs is 1. The van der Waals surface area contributed by atoms with Gasteiger partial charge in [0.1, 0.15) is 0 Å². The standard InChI is InChI=1S/C18H19ClN2OS/c19-18-14-3-1-2-4-15(14)23-16(18)7-8-17(22)20-12-9-10-21(11-12)13-5-6-13/h1-4,7-8,12-13H,5-6,9-11H2,(H,20,22)/b8-7+. The maximum atomic E-state index is 12.1. The summed E-state index contributed by atoms with van der Waals surface area (Å²) in [5.74, 6) is -0.0267. The molecule has 1 aliphatic carbocycles. The van der Waals surface area contributed by atoms with E-state index in [9.17, 15) is 4.79 Å². The summed E-state index contributed by atoms with van der Waals surface area (Å²) in [6.45, 7) is 2.11. The number of rotatable bonds is 4. The van der Waals surface area contributed by atoms with E-state index in [-0.39, 0.29) is 11.9 Å². The van der Waals surface area contributed by atoms with E-state index in [0.717, 1.165) is 45.5 Å². The fourth-order valence-electron chi connectivity index (χ4n) is 3.22. The van der Waals surface area contributed by atoms with Crippen LogP contribution in [0.3, 0.4) is 0 Å². The van der Waals surface area contributed by atoms with Crippen molar-refractivity contribution in [1.82, 2.24) is 10.2 Å². The van der Waals surface area contributed by atoms with E-state index in [1.54, 1.807) is 17.4 Å². The Bertz CT molecular complexity index is 765. The molecule has 2 heterocycles. The van der Waals surface area contributed by atoms with Crippen LogP contribution in [-0.4, -0.2) is 36.0 Å². The fourth-order valence-corrected chi connectivity index (χ4v) is 4.62. The number of nitrogens with zero attached hydrogens (tertiary/aromatic N) is 1. The van der Waals surface area contributed by atoms with Crippen molar-refractivity contribution in [2.24, 2.45) is 0 Å². The Morgan fingerprint density at radius 3 is 2.91 bits per heavy atom. The Kier molecular flexibility index (Phi) is 4.14. The summed E-state index contributed by atoms with van der Waals surface area (Å²) in [7, 11) is 0. The lowest BCUT2D eigenvalue weighted by atomic mass is 10.2. The van der Waals surface area contributed by atoms with E-state index in [1.165, 1.54) is 12.8 Å². The van der Waals surface area contributed by atoms with Gasteiger partial charge in [0, 0.05) is 46.2 Å². The maximum Gasteiger partial charge on any atom is 0.244 e. The number of likely N-dealkylation sites (tertiary alicyclic amines) is 1. The van der Waals surface area contributed by atoms with Gasteiger partial charge in [-0.2, -0.15) is 0 Å². The van der Waals surface area contributed by atoms with Gasteiger partial charge in [0.25, 0.3) is 0 Å². The molecule has 1 unspecified atom stereocenters. The molecule has 3 nitrogen and oxygen atoms in total. The van der Waals surface area contributed by atoms with E-state index in [0.29, 0.717) is 0 Å². The lowest BCUT2D eigenvalue weighted by molar-refractivity contribution is -0.117. The van der Waals surface area contributed by atoms with Crippen LogP contribution in [0, 0.1) is 0 Å². The number of amides is 1. The summed E-state index contributed by atoms with van der Waals surface area (Å²) in [5, 5.41) is 4.89. The van der Waals surface area contributed by atoms with Crippen LogP contribution < -0.4 is 5.32 Å². The van der Waals surface area contributed by atoms with Crippen molar-refractivity contribution in [1.29, 1.82) is 0 Å². The van der Waals surface area contributed by atoms with Crippen molar-refractivity contribution in [3.8, 4) is 0 Å².